The highest BCUT2D eigenvalue weighted by Crippen LogP contribution is 2.35. The lowest BCUT2D eigenvalue weighted by atomic mass is 9.95. The Morgan fingerprint density at radius 1 is 1.07 bits per heavy atom. The quantitative estimate of drug-likeness (QED) is 0.0882. The van der Waals surface area contributed by atoms with Gasteiger partial charge in [0.25, 0.3) is 5.91 Å². The fourth-order valence-corrected chi connectivity index (χ4v) is 5.19. The number of nitrogens with one attached hydrogen (secondary N) is 3. The highest BCUT2D eigenvalue weighted by molar-refractivity contribution is 7.80. The number of hydrogen-bond donors (Lipinski definition) is 4. The van der Waals surface area contributed by atoms with Crippen LogP contribution in [0.25, 0.3) is 0 Å². The van der Waals surface area contributed by atoms with Gasteiger partial charge in [-0.3, -0.25) is 4.79 Å². The zero-order valence-electron chi connectivity index (χ0n) is 24.1. The number of halogens is 2. The van der Waals surface area contributed by atoms with E-state index in [0.29, 0.717) is 33.3 Å². The van der Waals surface area contributed by atoms with Gasteiger partial charge in [-0.2, -0.15) is 5.10 Å². The first-order valence-corrected chi connectivity index (χ1v) is 14.7. The standard InChI is InChI=1S/C31H28Cl2N4O7S/c1-3-42-30(41)26-17(2)35-31(45)36-27(26)21-6-4-5-7-24(21)43-16-25(38)37-34-14-19-12-22(32)28(23(33)13-19)44-15-18-8-10-20(11-9-18)29(39)40/h4-14,27H,3,15-16H2,1-2H3,(H,37,38)(H,39,40)(H2,35,36,45)/t27-/m1/s1. The van der Waals surface area contributed by atoms with E-state index in [0.717, 1.165) is 5.56 Å². The summed E-state index contributed by atoms with van der Waals surface area (Å²) in [4.78, 5) is 36.3. The number of para-hydroxylation sites is 1. The number of amides is 1. The van der Waals surface area contributed by atoms with Gasteiger partial charge in [-0.05, 0) is 67.5 Å². The number of carbonyl (C=O) groups is 3. The zero-order valence-corrected chi connectivity index (χ0v) is 26.4. The maximum absolute atomic E-state index is 12.7. The number of esters is 1. The molecule has 0 radical (unpaired) electrons. The Morgan fingerprint density at radius 3 is 2.42 bits per heavy atom. The Morgan fingerprint density at radius 2 is 1.76 bits per heavy atom. The summed E-state index contributed by atoms with van der Waals surface area (Å²) in [7, 11) is 0. The summed E-state index contributed by atoms with van der Waals surface area (Å²) in [5, 5.41) is 19.8. The Hall–Kier alpha value is -4.65. The minimum absolute atomic E-state index is 0.117. The Bertz CT molecular complexity index is 1660. The van der Waals surface area contributed by atoms with Crippen LogP contribution < -0.4 is 25.5 Å². The summed E-state index contributed by atoms with van der Waals surface area (Å²) in [5.74, 6) is -1.46. The number of carboxylic acid groups (broad SMARTS) is 1. The van der Waals surface area contributed by atoms with Crippen molar-refractivity contribution in [1.29, 1.82) is 0 Å². The van der Waals surface area contributed by atoms with Gasteiger partial charge < -0.3 is 30.0 Å². The largest absolute Gasteiger partial charge is 0.486 e. The average Bonchev–Trinajstić information content (AvgIpc) is 2.99. The van der Waals surface area contributed by atoms with Gasteiger partial charge in [0.1, 0.15) is 12.4 Å². The molecule has 45 heavy (non-hydrogen) atoms. The molecule has 4 rings (SSSR count). The van der Waals surface area contributed by atoms with E-state index in [1.54, 1.807) is 62.4 Å². The summed E-state index contributed by atoms with van der Waals surface area (Å²) in [6, 6.07) is 15.6. The van der Waals surface area contributed by atoms with Crippen LogP contribution in [0.3, 0.4) is 0 Å². The Labute approximate surface area is 274 Å². The third-order valence-corrected chi connectivity index (χ3v) is 7.14. The molecule has 11 nitrogen and oxygen atoms in total. The highest BCUT2D eigenvalue weighted by Gasteiger charge is 2.32. The smallest absolute Gasteiger partial charge is 0.338 e. The molecule has 14 heteroatoms. The van der Waals surface area contributed by atoms with Crippen molar-refractivity contribution in [2.75, 3.05) is 13.2 Å². The second kappa shape index (κ2) is 15.4. The molecule has 1 atom stereocenters. The number of ether oxygens (including phenoxy) is 3. The summed E-state index contributed by atoms with van der Waals surface area (Å²) in [5.41, 5.74) is 5.26. The van der Waals surface area contributed by atoms with E-state index in [1.807, 2.05) is 0 Å². The Balaban J connectivity index is 1.36. The first kappa shape index (κ1) is 33.2. The number of carbonyl (C=O) groups excluding carboxylic acids is 2. The molecule has 3 aromatic rings. The summed E-state index contributed by atoms with van der Waals surface area (Å²) in [6.45, 7) is 3.40. The van der Waals surface area contributed by atoms with Crippen LogP contribution in [0.2, 0.25) is 10.0 Å². The fourth-order valence-electron chi connectivity index (χ4n) is 4.30. The normalized spacial score (nSPS) is 14.4. The molecule has 4 N–H and O–H groups in total. The predicted octanol–water partition coefficient (Wildman–Crippen LogP) is 5.16. The van der Waals surface area contributed by atoms with Crippen LogP contribution >= 0.6 is 35.4 Å². The molecule has 1 aliphatic rings. The third kappa shape index (κ3) is 8.72. The molecule has 1 amide bonds. The molecule has 234 valence electrons. The van der Waals surface area contributed by atoms with Gasteiger partial charge in [-0.15, -0.1) is 0 Å². The first-order chi connectivity index (χ1) is 21.6. The van der Waals surface area contributed by atoms with E-state index < -0.39 is 23.9 Å². The van der Waals surface area contributed by atoms with Crippen molar-refractivity contribution in [1.82, 2.24) is 16.1 Å². The molecule has 0 spiro atoms. The van der Waals surface area contributed by atoms with Gasteiger partial charge in [0.05, 0.1) is 40.0 Å². The molecule has 0 saturated heterocycles. The van der Waals surface area contributed by atoms with Gasteiger partial charge in [0.15, 0.2) is 17.5 Å². The molecule has 0 aromatic heterocycles. The minimum Gasteiger partial charge on any atom is -0.486 e. The molecular weight excluding hydrogens is 643 g/mol. The second-order valence-electron chi connectivity index (χ2n) is 9.51. The number of rotatable bonds is 12. The number of hydrazone groups is 1. The topological polar surface area (TPSA) is 148 Å². The van der Waals surface area contributed by atoms with Crippen molar-refractivity contribution in [3.05, 3.63) is 104 Å². The third-order valence-electron chi connectivity index (χ3n) is 6.36. The van der Waals surface area contributed by atoms with E-state index in [-0.39, 0.29) is 41.2 Å². The van der Waals surface area contributed by atoms with Crippen molar-refractivity contribution >= 4 is 64.6 Å². The SMILES string of the molecule is CCOC(=O)C1=C(C)NC(=S)N[C@@H]1c1ccccc1OCC(=O)NN=Cc1cc(Cl)c(OCc2ccc(C(=O)O)cc2)c(Cl)c1. The molecule has 1 heterocycles. The van der Waals surface area contributed by atoms with Crippen molar-refractivity contribution in [2.24, 2.45) is 5.10 Å². The first-order valence-electron chi connectivity index (χ1n) is 13.5. The molecule has 0 fully saturated rings. The fraction of sp³-hybridized carbons (Fsp3) is 0.194. The van der Waals surface area contributed by atoms with E-state index in [9.17, 15) is 14.4 Å². The van der Waals surface area contributed by atoms with Crippen LogP contribution in [0.1, 0.15) is 46.9 Å². The van der Waals surface area contributed by atoms with E-state index in [1.165, 1.54) is 18.3 Å². The van der Waals surface area contributed by atoms with E-state index >= 15 is 0 Å². The molecule has 1 aliphatic heterocycles. The number of aromatic carboxylic acids is 1. The summed E-state index contributed by atoms with van der Waals surface area (Å²) < 4.78 is 16.8. The van der Waals surface area contributed by atoms with Crippen molar-refractivity contribution in [2.45, 2.75) is 26.5 Å². The molecule has 0 unspecified atom stereocenters. The van der Waals surface area contributed by atoms with Crippen LogP contribution in [0, 0.1) is 0 Å². The van der Waals surface area contributed by atoms with Crippen molar-refractivity contribution in [3.63, 3.8) is 0 Å². The summed E-state index contributed by atoms with van der Waals surface area (Å²) >= 11 is 18.0. The molecule has 0 saturated carbocycles. The van der Waals surface area contributed by atoms with E-state index in [2.05, 4.69) is 21.2 Å². The van der Waals surface area contributed by atoms with Crippen LogP contribution in [0.5, 0.6) is 11.5 Å². The van der Waals surface area contributed by atoms with Crippen molar-refractivity contribution in [3.8, 4) is 11.5 Å². The second-order valence-corrected chi connectivity index (χ2v) is 10.7. The molecule has 3 aromatic carbocycles. The summed E-state index contributed by atoms with van der Waals surface area (Å²) in [6.07, 6.45) is 1.36. The maximum atomic E-state index is 12.7. The highest BCUT2D eigenvalue weighted by atomic mass is 35.5. The van der Waals surface area contributed by atoms with Gasteiger partial charge in [0.2, 0.25) is 0 Å². The van der Waals surface area contributed by atoms with Gasteiger partial charge in [-0.25, -0.2) is 15.0 Å². The minimum atomic E-state index is -1.02. The van der Waals surface area contributed by atoms with E-state index in [4.69, 9.17) is 54.7 Å². The predicted molar refractivity (Wildman–Crippen MR) is 173 cm³/mol. The molecule has 0 bridgehead atoms. The van der Waals surface area contributed by atoms with Gasteiger partial charge >= 0.3 is 11.9 Å². The Kier molecular flexibility index (Phi) is 11.4. The van der Waals surface area contributed by atoms with Crippen LogP contribution in [-0.2, 0) is 20.9 Å². The average molecular weight is 672 g/mol. The lowest BCUT2D eigenvalue weighted by Crippen LogP contribution is -2.45. The van der Waals surface area contributed by atoms with Crippen LogP contribution in [0.4, 0.5) is 0 Å². The lowest BCUT2D eigenvalue weighted by Gasteiger charge is -2.30. The lowest BCUT2D eigenvalue weighted by molar-refractivity contribution is -0.139. The van der Waals surface area contributed by atoms with Crippen molar-refractivity contribution < 1.29 is 33.7 Å². The number of hydrogen-bond acceptors (Lipinski definition) is 8. The number of thiocarbonyl (C=S) groups is 1. The number of allylic oxidation sites excluding steroid dienone is 1. The van der Waals surface area contributed by atoms with Gasteiger partial charge in [0, 0.05) is 11.3 Å². The zero-order chi connectivity index (χ0) is 32.5. The number of benzene rings is 3. The monoisotopic (exact) mass is 670 g/mol. The number of nitrogens with zero attached hydrogens (tertiary/aromatic N) is 1. The van der Waals surface area contributed by atoms with Crippen LogP contribution in [0.15, 0.2) is 77.0 Å². The van der Waals surface area contributed by atoms with Crippen LogP contribution in [-0.4, -0.2) is 47.5 Å². The molecular formula is C31H28Cl2N4O7S. The molecule has 0 aliphatic carbocycles. The maximum Gasteiger partial charge on any atom is 0.338 e. The number of carboxylic acids is 1. The van der Waals surface area contributed by atoms with Gasteiger partial charge in [-0.1, -0.05) is 53.5 Å².